The number of para-hydroxylation sites is 1. The Morgan fingerprint density at radius 1 is 1.05 bits per heavy atom. The summed E-state index contributed by atoms with van der Waals surface area (Å²) in [4.78, 5) is 4.28. The first-order valence-corrected chi connectivity index (χ1v) is 6.08. The molecule has 0 aliphatic heterocycles. The van der Waals surface area contributed by atoms with E-state index in [0.29, 0.717) is 5.82 Å². The van der Waals surface area contributed by atoms with Crippen molar-refractivity contribution < 1.29 is 0 Å². The summed E-state index contributed by atoms with van der Waals surface area (Å²) >= 11 is 0. The van der Waals surface area contributed by atoms with Crippen molar-refractivity contribution in [2.24, 2.45) is 0 Å². The van der Waals surface area contributed by atoms with Gasteiger partial charge >= 0.3 is 0 Å². The fraction of sp³-hybridized carbons (Fsp3) is 0.0667. The summed E-state index contributed by atoms with van der Waals surface area (Å²) in [5.41, 5.74) is 9.78. The van der Waals surface area contributed by atoms with E-state index >= 15 is 0 Å². The maximum atomic E-state index is 6.04. The first-order valence-electron chi connectivity index (χ1n) is 6.08. The van der Waals surface area contributed by atoms with Gasteiger partial charge in [-0.25, -0.2) is 4.68 Å². The molecule has 4 nitrogen and oxygen atoms in total. The second-order valence-corrected chi connectivity index (χ2v) is 4.34. The number of rotatable bonds is 2. The number of benzene rings is 1. The summed E-state index contributed by atoms with van der Waals surface area (Å²) in [5.74, 6) is 0.615. The number of pyridine rings is 1. The number of nitrogen functional groups attached to an aromatic ring is 1. The summed E-state index contributed by atoms with van der Waals surface area (Å²) in [5, 5.41) is 4.56. The monoisotopic (exact) mass is 250 g/mol. The maximum absolute atomic E-state index is 6.04. The molecule has 2 aromatic heterocycles. The molecule has 2 N–H and O–H groups in total. The minimum absolute atomic E-state index is 0.615. The maximum Gasteiger partial charge on any atom is 0.127 e. The van der Waals surface area contributed by atoms with Crippen LogP contribution in [0.2, 0.25) is 0 Å². The van der Waals surface area contributed by atoms with Crippen LogP contribution in [0.4, 0.5) is 5.82 Å². The molecule has 19 heavy (non-hydrogen) atoms. The van der Waals surface area contributed by atoms with E-state index in [9.17, 15) is 0 Å². The zero-order chi connectivity index (χ0) is 13.2. The average molecular weight is 250 g/mol. The molecule has 2 heterocycles. The van der Waals surface area contributed by atoms with Crippen LogP contribution in [0.5, 0.6) is 0 Å². The van der Waals surface area contributed by atoms with Crippen LogP contribution in [0, 0.1) is 6.92 Å². The fourth-order valence-electron chi connectivity index (χ4n) is 2.06. The third-order valence-electron chi connectivity index (χ3n) is 3.02. The third-order valence-corrected chi connectivity index (χ3v) is 3.02. The van der Waals surface area contributed by atoms with Gasteiger partial charge in [-0.2, -0.15) is 5.10 Å². The van der Waals surface area contributed by atoms with Gasteiger partial charge in [0.25, 0.3) is 0 Å². The molecular weight excluding hydrogens is 236 g/mol. The molecular formula is C15H14N4. The predicted molar refractivity (Wildman–Crippen MR) is 75.9 cm³/mol. The number of hydrogen-bond acceptors (Lipinski definition) is 3. The van der Waals surface area contributed by atoms with Gasteiger partial charge in [-0.1, -0.05) is 18.2 Å². The first-order chi connectivity index (χ1) is 9.25. The van der Waals surface area contributed by atoms with Gasteiger partial charge in [0.15, 0.2) is 0 Å². The highest BCUT2D eigenvalue weighted by Crippen LogP contribution is 2.24. The molecule has 0 amide bonds. The number of aryl methyl sites for hydroxylation is 1. The van der Waals surface area contributed by atoms with E-state index in [4.69, 9.17) is 5.73 Å². The fourth-order valence-corrected chi connectivity index (χ4v) is 2.06. The third kappa shape index (κ3) is 2.08. The molecule has 94 valence electrons. The molecule has 0 aliphatic carbocycles. The zero-order valence-electron chi connectivity index (χ0n) is 10.6. The topological polar surface area (TPSA) is 56.7 Å². The largest absolute Gasteiger partial charge is 0.384 e. The molecule has 3 rings (SSSR count). The summed E-state index contributed by atoms with van der Waals surface area (Å²) in [6.45, 7) is 1.97. The molecule has 1 aromatic carbocycles. The van der Waals surface area contributed by atoms with E-state index in [1.54, 1.807) is 10.9 Å². The molecule has 0 aliphatic rings. The lowest BCUT2D eigenvalue weighted by atomic mass is 10.1. The van der Waals surface area contributed by atoms with Crippen LogP contribution in [0.1, 0.15) is 5.69 Å². The van der Waals surface area contributed by atoms with Crippen molar-refractivity contribution >= 4 is 5.82 Å². The average Bonchev–Trinajstić information content (AvgIpc) is 2.82. The number of hydrogen-bond donors (Lipinski definition) is 1. The molecule has 0 bridgehead atoms. The van der Waals surface area contributed by atoms with E-state index in [1.165, 1.54) is 0 Å². The van der Waals surface area contributed by atoms with Crippen LogP contribution in [-0.2, 0) is 0 Å². The van der Waals surface area contributed by atoms with Crippen molar-refractivity contribution in [3.05, 3.63) is 60.4 Å². The highest BCUT2D eigenvalue weighted by atomic mass is 15.3. The van der Waals surface area contributed by atoms with Crippen LogP contribution >= 0.6 is 0 Å². The van der Waals surface area contributed by atoms with Gasteiger partial charge in [-0.3, -0.25) is 4.98 Å². The van der Waals surface area contributed by atoms with E-state index in [0.717, 1.165) is 22.6 Å². The van der Waals surface area contributed by atoms with E-state index in [1.807, 2.05) is 55.5 Å². The van der Waals surface area contributed by atoms with Crippen LogP contribution in [0.3, 0.4) is 0 Å². The normalized spacial score (nSPS) is 10.6. The van der Waals surface area contributed by atoms with E-state index in [-0.39, 0.29) is 0 Å². The number of aromatic nitrogens is 3. The molecule has 3 aromatic rings. The van der Waals surface area contributed by atoms with Gasteiger partial charge < -0.3 is 5.73 Å². The Hall–Kier alpha value is -2.62. The van der Waals surface area contributed by atoms with Gasteiger partial charge in [0.1, 0.15) is 5.82 Å². The zero-order valence-corrected chi connectivity index (χ0v) is 10.6. The van der Waals surface area contributed by atoms with Crippen LogP contribution in [0.15, 0.2) is 54.7 Å². The van der Waals surface area contributed by atoms with Crippen molar-refractivity contribution in [3.63, 3.8) is 0 Å². The SMILES string of the molecule is Cc1ncccc1-c1cc(N)n(-c2ccccc2)n1. The number of nitrogens with zero attached hydrogens (tertiary/aromatic N) is 3. The van der Waals surface area contributed by atoms with Crippen LogP contribution in [-0.4, -0.2) is 14.8 Å². The van der Waals surface area contributed by atoms with Crippen molar-refractivity contribution in [1.82, 2.24) is 14.8 Å². The first kappa shape index (κ1) is 11.5. The second kappa shape index (κ2) is 4.57. The standard InChI is InChI=1S/C15H14N4/c1-11-13(8-5-9-17-11)14-10-15(16)19(18-14)12-6-3-2-4-7-12/h2-10H,16H2,1H3. The van der Waals surface area contributed by atoms with Gasteiger partial charge in [-0.05, 0) is 31.2 Å². The molecule has 4 heteroatoms. The minimum atomic E-state index is 0.615. The Kier molecular flexibility index (Phi) is 2.76. The molecule has 0 saturated heterocycles. The quantitative estimate of drug-likeness (QED) is 0.760. The summed E-state index contributed by atoms with van der Waals surface area (Å²) < 4.78 is 1.74. The van der Waals surface area contributed by atoms with Gasteiger partial charge in [0.2, 0.25) is 0 Å². The molecule has 0 saturated carbocycles. The lowest BCUT2D eigenvalue weighted by molar-refractivity contribution is 0.894. The Balaban J connectivity index is 2.10. The molecule has 0 spiro atoms. The number of anilines is 1. The Morgan fingerprint density at radius 3 is 2.58 bits per heavy atom. The summed E-state index contributed by atoms with van der Waals surface area (Å²) in [7, 11) is 0. The van der Waals surface area contributed by atoms with Crippen molar-refractivity contribution in [2.75, 3.05) is 5.73 Å². The van der Waals surface area contributed by atoms with Gasteiger partial charge in [0.05, 0.1) is 11.4 Å². The number of nitrogens with two attached hydrogens (primary N) is 1. The van der Waals surface area contributed by atoms with Crippen LogP contribution < -0.4 is 5.73 Å². The highest BCUT2D eigenvalue weighted by molar-refractivity contribution is 5.65. The summed E-state index contributed by atoms with van der Waals surface area (Å²) in [6.07, 6.45) is 1.77. The van der Waals surface area contributed by atoms with E-state index < -0.39 is 0 Å². The predicted octanol–water partition coefficient (Wildman–Crippen LogP) is 2.82. The molecule has 0 radical (unpaired) electrons. The second-order valence-electron chi connectivity index (χ2n) is 4.34. The minimum Gasteiger partial charge on any atom is -0.384 e. The lowest BCUT2D eigenvalue weighted by Gasteiger charge is -2.03. The molecule has 0 unspecified atom stereocenters. The van der Waals surface area contributed by atoms with E-state index in [2.05, 4.69) is 10.1 Å². The van der Waals surface area contributed by atoms with Gasteiger partial charge in [-0.15, -0.1) is 0 Å². The van der Waals surface area contributed by atoms with Gasteiger partial charge in [0, 0.05) is 23.5 Å². The van der Waals surface area contributed by atoms with Crippen molar-refractivity contribution in [1.29, 1.82) is 0 Å². The Morgan fingerprint density at radius 2 is 1.84 bits per heavy atom. The Bertz CT molecular complexity index is 701. The smallest absolute Gasteiger partial charge is 0.127 e. The van der Waals surface area contributed by atoms with Crippen molar-refractivity contribution in [3.8, 4) is 16.9 Å². The van der Waals surface area contributed by atoms with Crippen molar-refractivity contribution in [2.45, 2.75) is 6.92 Å². The molecule has 0 atom stereocenters. The lowest BCUT2D eigenvalue weighted by Crippen LogP contribution is -2.01. The molecule has 0 fully saturated rings. The summed E-state index contributed by atoms with van der Waals surface area (Å²) in [6, 6.07) is 15.6. The van der Waals surface area contributed by atoms with Crippen LogP contribution in [0.25, 0.3) is 16.9 Å². The highest BCUT2D eigenvalue weighted by Gasteiger charge is 2.10. The Labute approximate surface area is 111 Å².